The maximum Gasteiger partial charge on any atom is 0.231 e. The molecule has 1 fully saturated rings. The Morgan fingerprint density at radius 1 is 1.35 bits per heavy atom. The monoisotopic (exact) mass is 254 g/mol. The molecule has 1 aliphatic carbocycles. The van der Waals surface area contributed by atoms with Gasteiger partial charge in [0.25, 0.3) is 0 Å². The van der Waals surface area contributed by atoms with Crippen molar-refractivity contribution >= 4 is 11.6 Å². The van der Waals surface area contributed by atoms with Gasteiger partial charge in [0.05, 0.1) is 5.60 Å². The van der Waals surface area contributed by atoms with E-state index >= 15 is 0 Å². The van der Waals surface area contributed by atoms with Crippen LogP contribution in [-0.2, 0) is 12.8 Å². The Hall–Kier alpha value is -0.930. The zero-order valence-electron chi connectivity index (χ0n) is 9.75. The number of aliphatic hydroxyl groups is 1. The Bertz CT molecular complexity index is 466. The molecule has 1 saturated carbocycles. The lowest BCUT2D eigenvalue weighted by Crippen LogP contribution is -2.13. The van der Waals surface area contributed by atoms with E-state index in [1.807, 2.05) is 0 Å². The SMILES string of the molecule is CCc1c(CC2(O)CC2)c(Cl)cc2c1OCO2. The molecule has 4 heteroatoms. The van der Waals surface area contributed by atoms with Gasteiger partial charge in [-0.25, -0.2) is 0 Å². The van der Waals surface area contributed by atoms with E-state index in [1.54, 1.807) is 6.07 Å². The molecule has 0 amide bonds. The molecule has 0 radical (unpaired) electrons. The Morgan fingerprint density at radius 2 is 2.12 bits per heavy atom. The molecular formula is C13H15ClO3. The average Bonchev–Trinajstić information content (AvgIpc) is 2.84. The molecular weight excluding hydrogens is 240 g/mol. The smallest absolute Gasteiger partial charge is 0.231 e. The van der Waals surface area contributed by atoms with Crippen LogP contribution in [0.5, 0.6) is 11.5 Å². The molecule has 0 saturated heterocycles. The lowest BCUT2D eigenvalue weighted by Gasteiger charge is -2.15. The maximum absolute atomic E-state index is 10.0. The van der Waals surface area contributed by atoms with Crippen molar-refractivity contribution in [3.8, 4) is 11.5 Å². The third kappa shape index (κ3) is 1.87. The van der Waals surface area contributed by atoms with E-state index in [0.29, 0.717) is 11.4 Å². The fourth-order valence-electron chi connectivity index (χ4n) is 2.33. The minimum absolute atomic E-state index is 0.256. The molecule has 17 heavy (non-hydrogen) atoms. The highest BCUT2D eigenvalue weighted by Gasteiger charge is 2.41. The average molecular weight is 255 g/mol. The van der Waals surface area contributed by atoms with Gasteiger partial charge >= 0.3 is 0 Å². The summed E-state index contributed by atoms with van der Waals surface area (Å²) in [6, 6.07) is 1.80. The summed E-state index contributed by atoms with van der Waals surface area (Å²) in [5.74, 6) is 1.52. The molecule has 92 valence electrons. The van der Waals surface area contributed by atoms with Crippen molar-refractivity contribution < 1.29 is 14.6 Å². The molecule has 0 atom stereocenters. The summed E-state index contributed by atoms with van der Waals surface area (Å²) in [5.41, 5.74) is 1.55. The predicted molar refractivity (Wildman–Crippen MR) is 64.8 cm³/mol. The molecule has 0 unspecified atom stereocenters. The molecule has 1 aliphatic heterocycles. The normalized spacial score (nSPS) is 19.5. The standard InChI is InChI=1S/C13H15ClO3/c1-2-8-9(6-13(15)3-4-13)10(14)5-11-12(8)17-7-16-11/h5,15H,2-4,6-7H2,1H3. The maximum atomic E-state index is 10.0. The first-order valence-corrected chi connectivity index (χ1v) is 6.33. The minimum Gasteiger partial charge on any atom is -0.454 e. The molecule has 1 heterocycles. The molecule has 1 aromatic rings. The van der Waals surface area contributed by atoms with Crippen LogP contribution < -0.4 is 9.47 Å². The van der Waals surface area contributed by atoms with Crippen LogP contribution in [0.3, 0.4) is 0 Å². The van der Waals surface area contributed by atoms with Gasteiger partial charge in [0.1, 0.15) is 0 Å². The van der Waals surface area contributed by atoms with Gasteiger partial charge in [-0.05, 0) is 24.8 Å². The fraction of sp³-hybridized carbons (Fsp3) is 0.538. The second-order valence-corrected chi connectivity index (χ2v) is 5.21. The first kappa shape index (κ1) is 11.2. The van der Waals surface area contributed by atoms with Gasteiger partial charge in [-0.15, -0.1) is 0 Å². The first-order valence-electron chi connectivity index (χ1n) is 5.95. The van der Waals surface area contributed by atoms with E-state index in [1.165, 1.54) is 0 Å². The topological polar surface area (TPSA) is 38.7 Å². The number of hydrogen-bond acceptors (Lipinski definition) is 3. The third-order valence-electron chi connectivity index (χ3n) is 3.51. The van der Waals surface area contributed by atoms with E-state index in [2.05, 4.69) is 6.92 Å². The van der Waals surface area contributed by atoms with Gasteiger partial charge in [-0.1, -0.05) is 18.5 Å². The van der Waals surface area contributed by atoms with Crippen LogP contribution in [0.4, 0.5) is 0 Å². The number of fused-ring (bicyclic) bond motifs is 1. The van der Waals surface area contributed by atoms with Crippen LogP contribution in [-0.4, -0.2) is 17.5 Å². The second-order valence-electron chi connectivity index (χ2n) is 4.80. The summed E-state index contributed by atoms with van der Waals surface area (Å²) >= 11 is 6.28. The molecule has 0 aromatic heterocycles. The molecule has 0 bridgehead atoms. The quantitative estimate of drug-likeness (QED) is 0.901. The van der Waals surface area contributed by atoms with Crippen LogP contribution in [0.1, 0.15) is 30.9 Å². The Kier molecular flexibility index (Phi) is 2.49. The van der Waals surface area contributed by atoms with Crippen molar-refractivity contribution in [1.82, 2.24) is 0 Å². The van der Waals surface area contributed by atoms with Gasteiger partial charge in [0, 0.05) is 23.1 Å². The Labute approximate surface area is 105 Å². The number of ether oxygens (including phenoxy) is 2. The second kappa shape index (κ2) is 3.79. The van der Waals surface area contributed by atoms with E-state index in [4.69, 9.17) is 21.1 Å². The number of benzene rings is 1. The highest BCUT2D eigenvalue weighted by molar-refractivity contribution is 6.31. The molecule has 3 nitrogen and oxygen atoms in total. The summed E-state index contributed by atoms with van der Waals surface area (Å²) in [6.45, 7) is 2.32. The lowest BCUT2D eigenvalue weighted by atomic mass is 9.97. The number of hydrogen-bond donors (Lipinski definition) is 1. The first-order chi connectivity index (χ1) is 8.13. The third-order valence-corrected chi connectivity index (χ3v) is 3.85. The molecule has 2 aliphatic rings. The molecule has 3 rings (SSSR count). The largest absolute Gasteiger partial charge is 0.454 e. The summed E-state index contributed by atoms with van der Waals surface area (Å²) in [5, 5.41) is 10.7. The van der Waals surface area contributed by atoms with Crippen LogP contribution in [0.25, 0.3) is 0 Å². The van der Waals surface area contributed by atoms with E-state index in [-0.39, 0.29) is 6.79 Å². The molecule has 1 N–H and O–H groups in total. The van der Waals surface area contributed by atoms with Gasteiger partial charge in [-0.3, -0.25) is 0 Å². The van der Waals surface area contributed by atoms with Crippen LogP contribution in [0.2, 0.25) is 5.02 Å². The Morgan fingerprint density at radius 3 is 2.76 bits per heavy atom. The number of rotatable bonds is 3. The zero-order chi connectivity index (χ0) is 12.0. The Balaban J connectivity index is 2.06. The fourth-order valence-corrected chi connectivity index (χ4v) is 2.61. The summed E-state index contributed by atoms with van der Waals surface area (Å²) in [7, 11) is 0. The van der Waals surface area contributed by atoms with Crippen LogP contribution in [0, 0.1) is 0 Å². The van der Waals surface area contributed by atoms with Gasteiger partial charge in [0.2, 0.25) is 6.79 Å². The van der Waals surface area contributed by atoms with Gasteiger partial charge < -0.3 is 14.6 Å². The highest BCUT2D eigenvalue weighted by Crippen LogP contribution is 2.46. The summed E-state index contributed by atoms with van der Waals surface area (Å²) < 4.78 is 10.8. The summed E-state index contributed by atoms with van der Waals surface area (Å²) in [6.07, 6.45) is 3.17. The minimum atomic E-state index is -0.540. The lowest BCUT2D eigenvalue weighted by molar-refractivity contribution is 0.150. The van der Waals surface area contributed by atoms with Crippen molar-refractivity contribution in [2.45, 2.75) is 38.2 Å². The van der Waals surface area contributed by atoms with Crippen molar-refractivity contribution in [3.63, 3.8) is 0 Å². The highest BCUT2D eigenvalue weighted by atomic mass is 35.5. The predicted octanol–water partition coefficient (Wildman–Crippen LogP) is 2.70. The van der Waals surface area contributed by atoms with Crippen LogP contribution >= 0.6 is 11.6 Å². The molecule has 1 aromatic carbocycles. The van der Waals surface area contributed by atoms with Crippen LogP contribution in [0.15, 0.2) is 6.07 Å². The van der Waals surface area contributed by atoms with E-state index in [0.717, 1.165) is 41.9 Å². The molecule has 0 spiro atoms. The van der Waals surface area contributed by atoms with Crippen molar-refractivity contribution in [2.75, 3.05) is 6.79 Å². The number of halogens is 1. The van der Waals surface area contributed by atoms with Gasteiger partial charge in [-0.2, -0.15) is 0 Å². The summed E-state index contributed by atoms with van der Waals surface area (Å²) in [4.78, 5) is 0. The zero-order valence-corrected chi connectivity index (χ0v) is 10.5. The van der Waals surface area contributed by atoms with Gasteiger partial charge in [0.15, 0.2) is 11.5 Å². The van der Waals surface area contributed by atoms with Crippen molar-refractivity contribution in [3.05, 3.63) is 22.2 Å². The van der Waals surface area contributed by atoms with Crippen molar-refractivity contribution in [2.24, 2.45) is 0 Å². The van der Waals surface area contributed by atoms with E-state index in [9.17, 15) is 5.11 Å². The van der Waals surface area contributed by atoms with E-state index < -0.39 is 5.60 Å². The van der Waals surface area contributed by atoms with Crippen molar-refractivity contribution in [1.29, 1.82) is 0 Å².